The molecule has 0 radical (unpaired) electrons. The van der Waals surface area contributed by atoms with Crippen molar-refractivity contribution in [3.8, 4) is 5.75 Å². The number of benzene rings is 1. The normalized spacial score (nSPS) is 9.94. The average Bonchev–Trinajstić information content (AvgIpc) is 2.29. The van der Waals surface area contributed by atoms with E-state index in [1.807, 2.05) is 32.9 Å². The topological polar surface area (TPSA) is 35.5 Å². The molecule has 3 heteroatoms. The molecule has 0 fully saturated rings. The Labute approximate surface area is 96.4 Å². The summed E-state index contributed by atoms with van der Waals surface area (Å²) >= 11 is 0. The summed E-state index contributed by atoms with van der Waals surface area (Å²) in [6.45, 7) is 6.76. The van der Waals surface area contributed by atoms with Crippen LogP contribution in [0.25, 0.3) is 0 Å². The quantitative estimate of drug-likeness (QED) is 0.718. The lowest BCUT2D eigenvalue weighted by atomic mass is 10.1. The van der Waals surface area contributed by atoms with E-state index in [0.717, 1.165) is 12.0 Å². The lowest BCUT2D eigenvalue weighted by Crippen LogP contribution is -2.09. The molecule has 88 valence electrons. The predicted molar refractivity (Wildman–Crippen MR) is 62.9 cm³/mol. The van der Waals surface area contributed by atoms with Gasteiger partial charge in [0.2, 0.25) is 0 Å². The van der Waals surface area contributed by atoms with Crippen molar-refractivity contribution in [1.82, 2.24) is 0 Å². The van der Waals surface area contributed by atoms with Gasteiger partial charge in [0.15, 0.2) is 0 Å². The number of para-hydroxylation sites is 1. The molecule has 1 aromatic rings. The maximum Gasteiger partial charge on any atom is 0.341 e. The summed E-state index contributed by atoms with van der Waals surface area (Å²) in [6, 6.07) is 5.48. The van der Waals surface area contributed by atoms with Crippen molar-refractivity contribution in [2.45, 2.75) is 27.2 Å². The zero-order chi connectivity index (χ0) is 12.0. The van der Waals surface area contributed by atoms with Gasteiger partial charge < -0.3 is 9.47 Å². The van der Waals surface area contributed by atoms with E-state index in [1.54, 1.807) is 6.07 Å². The van der Waals surface area contributed by atoms with Gasteiger partial charge in [-0.2, -0.15) is 0 Å². The van der Waals surface area contributed by atoms with E-state index in [2.05, 4.69) is 0 Å². The third-order valence-electron chi connectivity index (χ3n) is 2.16. The number of rotatable bonds is 5. The second-order valence-electron chi connectivity index (χ2n) is 3.52. The molecule has 0 saturated carbocycles. The fourth-order valence-electron chi connectivity index (χ4n) is 1.42. The van der Waals surface area contributed by atoms with Gasteiger partial charge in [-0.3, -0.25) is 0 Å². The zero-order valence-electron chi connectivity index (χ0n) is 10.1. The molecule has 0 aliphatic heterocycles. The van der Waals surface area contributed by atoms with E-state index in [4.69, 9.17) is 9.47 Å². The fraction of sp³-hybridized carbons (Fsp3) is 0.462. The molecule has 0 saturated heterocycles. The van der Waals surface area contributed by atoms with Crippen molar-refractivity contribution >= 4 is 5.97 Å². The van der Waals surface area contributed by atoms with Gasteiger partial charge in [0.05, 0.1) is 13.2 Å². The van der Waals surface area contributed by atoms with Crippen LogP contribution in [0.4, 0.5) is 0 Å². The van der Waals surface area contributed by atoms with E-state index in [-0.39, 0.29) is 5.97 Å². The van der Waals surface area contributed by atoms with Crippen LogP contribution in [0.5, 0.6) is 5.75 Å². The number of carbonyl (C=O) groups excluding carboxylic acids is 1. The fourth-order valence-corrected chi connectivity index (χ4v) is 1.42. The number of hydrogen-bond acceptors (Lipinski definition) is 3. The Kier molecular flexibility index (Phi) is 4.83. The molecule has 0 bridgehead atoms. The molecule has 3 nitrogen and oxygen atoms in total. The Morgan fingerprint density at radius 2 is 2.06 bits per heavy atom. The molecule has 1 aromatic carbocycles. The van der Waals surface area contributed by atoms with Crippen LogP contribution in [0.2, 0.25) is 0 Å². The number of carbonyl (C=O) groups is 1. The van der Waals surface area contributed by atoms with Crippen molar-refractivity contribution in [2.24, 2.45) is 0 Å². The van der Waals surface area contributed by atoms with Crippen LogP contribution in [0, 0.1) is 6.92 Å². The molecular weight excluding hydrogens is 204 g/mol. The molecule has 0 amide bonds. The first kappa shape index (κ1) is 12.6. The van der Waals surface area contributed by atoms with Crippen LogP contribution >= 0.6 is 0 Å². The van der Waals surface area contributed by atoms with Crippen molar-refractivity contribution in [3.63, 3.8) is 0 Å². The van der Waals surface area contributed by atoms with Gasteiger partial charge in [0.1, 0.15) is 11.3 Å². The minimum atomic E-state index is -0.311. The molecule has 0 atom stereocenters. The van der Waals surface area contributed by atoms with E-state index in [0.29, 0.717) is 24.5 Å². The van der Waals surface area contributed by atoms with E-state index in [1.165, 1.54) is 0 Å². The zero-order valence-corrected chi connectivity index (χ0v) is 10.1. The van der Waals surface area contributed by atoms with Crippen molar-refractivity contribution in [3.05, 3.63) is 29.3 Å². The smallest absolute Gasteiger partial charge is 0.341 e. The Morgan fingerprint density at radius 3 is 2.69 bits per heavy atom. The van der Waals surface area contributed by atoms with Crippen LogP contribution < -0.4 is 4.74 Å². The first-order chi connectivity index (χ1) is 7.70. The molecule has 16 heavy (non-hydrogen) atoms. The first-order valence-electron chi connectivity index (χ1n) is 5.60. The Morgan fingerprint density at radius 1 is 1.31 bits per heavy atom. The molecular formula is C13H18O3. The van der Waals surface area contributed by atoms with Crippen LogP contribution in [-0.2, 0) is 4.74 Å². The second-order valence-corrected chi connectivity index (χ2v) is 3.52. The Bertz CT molecular complexity index is 358. The maximum atomic E-state index is 11.7. The minimum absolute atomic E-state index is 0.311. The maximum absolute atomic E-state index is 11.7. The number of hydrogen-bond donors (Lipinski definition) is 0. The van der Waals surface area contributed by atoms with E-state index in [9.17, 15) is 4.79 Å². The third-order valence-corrected chi connectivity index (χ3v) is 2.16. The van der Waals surface area contributed by atoms with E-state index >= 15 is 0 Å². The molecule has 0 N–H and O–H groups in total. The van der Waals surface area contributed by atoms with Crippen LogP contribution in [0.15, 0.2) is 18.2 Å². The highest BCUT2D eigenvalue weighted by molar-refractivity contribution is 5.93. The highest BCUT2D eigenvalue weighted by Crippen LogP contribution is 2.24. The summed E-state index contributed by atoms with van der Waals surface area (Å²) in [5, 5.41) is 0. The summed E-state index contributed by atoms with van der Waals surface area (Å²) in [4.78, 5) is 11.7. The van der Waals surface area contributed by atoms with Crippen molar-refractivity contribution < 1.29 is 14.3 Å². The molecule has 1 rings (SSSR count). The van der Waals surface area contributed by atoms with Gasteiger partial charge in [0, 0.05) is 0 Å². The Balaban J connectivity index is 2.93. The molecule has 0 aliphatic rings. The van der Waals surface area contributed by atoms with Gasteiger partial charge in [-0.15, -0.1) is 0 Å². The monoisotopic (exact) mass is 222 g/mol. The average molecular weight is 222 g/mol. The number of ether oxygens (including phenoxy) is 2. The highest BCUT2D eigenvalue weighted by atomic mass is 16.5. The lowest BCUT2D eigenvalue weighted by Gasteiger charge is -2.12. The van der Waals surface area contributed by atoms with Crippen LogP contribution in [0.3, 0.4) is 0 Å². The van der Waals surface area contributed by atoms with Gasteiger partial charge >= 0.3 is 5.97 Å². The van der Waals surface area contributed by atoms with Crippen molar-refractivity contribution in [1.29, 1.82) is 0 Å². The SMILES string of the molecule is CCCOC(=O)c1cccc(C)c1OCC. The van der Waals surface area contributed by atoms with Crippen LogP contribution in [-0.4, -0.2) is 19.2 Å². The summed E-state index contributed by atoms with van der Waals surface area (Å²) in [5.41, 5.74) is 1.46. The number of aryl methyl sites for hydroxylation is 1. The predicted octanol–water partition coefficient (Wildman–Crippen LogP) is 2.96. The molecule has 0 unspecified atom stereocenters. The van der Waals surface area contributed by atoms with Crippen LogP contribution in [0.1, 0.15) is 36.2 Å². The minimum Gasteiger partial charge on any atom is -0.493 e. The van der Waals surface area contributed by atoms with Gasteiger partial charge in [-0.25, -0.2) is 4.79 Å². The van der Waals surface area contributed by atoms with Gasteiger partial charge in [0.25, 0.3) is 0 Å². The van der Waals surface area contributed by atoms with Crippen molar-refractivity contribution in [2.75, 3.05) is 13.2 Å². The molecule has 0 heterocycles. The lowest BCUT2D eigenvalue weighted by molar-refractivity contribution is 0.0500. The summed E-state index contributed by atoms with van der Waals surface area (Å²) in [6.07, 6.45) is 0.821. The Hall–Kier alpha value is -1.51. The third kappa shape index (κ3) is 2.99. The molecule has 0 aromatic heterocycles. The van der Waals surface area contributed by atoms with E-state index < -0.39 is 0 Å². The summed E-state index contributed by atoms with van der Waals surface area (Å²) in [7, 11) is 0. The summed E-state index contributed by atoms with van der Waals surface area (Å²) in [5.74, 6) is 0.320. The second kappa shape index (κ2) is 6.16. The largest absolute Gasteiger partial charge is 0.493 e. The standard InChI is InChI=1S/C13H18O3/c1-4-9-16-13(14)11-8-6-7-10(3)12(11)15-5-2/h6-8H,4-5,9H2,1-3H3. The number of esters is 1. The van der Waals surface area contributed by atoms with Gasteiger partial charge in [-0.1, -0.05) is 19.1 Å². The molecule has 0 aliphatic carbocycles. The highest BCUT2D eigenvalue weighted by Gasteiger charge is 2.15. The summed E-state index contributed by atoms with van der Waals surface area (Å²) < 4.78 is 10.6. The molecule has 0 spiro atoms. The van der Waals surface area contributed by atoms with Gasteiger partial charge in [-0.05, 0) is 31.9 Å². The first-order valence-corrected chi connectivity index (χ1v) is 5.60.